The van der Waals surface area contributed by atoms with Crippen molar-refractivity contribution in [2.45, 2.75) is 0 Å². The summed E-state index contributed by atoms with van der Waals surface area (Å²) in [6, 6.07) is 0. The van der Waals surface area contributed by atoms with E-state index in [4.69, 9.17) is 48.1 Å². The topological polar surface area (TPSA) is 224 Å². The van der Waals surface area contributed by atoms with Gasteiger partial charge in [0.2, 0.25) is 0 Å². The molecular formula is H8La2Mn3O12Sr. The molecule has 0 saturated carbocycles. The molecule has 0 heterocycles. The first-order chi connectivity index (χ1) is 6.00. The molecule has 109 valence electrons. The fourth-order valence-electron chi connectivity index (χ4n) is 0. The van der Waals surface area contributed by atoms with Crippen LogP contribution >= 0.6 is 0 Å². The summed E-state index contributed by atoms with van der Waals surface area (Å²) in [4.78, 5) is 0. The van der Waals surface area contributed by atoms with Gasteiger partial charge in [-0.25, -0.2) is 0 Å². The summed E-state index contributed by atoms with van der Waals surface area (Å²) < 4.78 is 95.4. The molecule has 0 aromatic carbocycles. The minimum atomic E-state index is -5.12. The molecule has 0 spiro atoms. The van der Waals surface area contributed by atoms with Crippen LogP contribution in [0.1, 0.15) is 0 Å². The first-order valence-electron chi connectivity index (χ1n) is 1.94. The van der Waals surface area contributed by atoms with Gasteiger partial charge in [0.05, 0.1) is 0 Å². The van der Waals surface area contributed by atoms with Crippen LogP contribution in [0.2, 0.25) is 0 Å². The Kier molecular flexibility index (Phi) is 36.5. The molecule has 0 atom stereocenters. The summed E-state index contributed by atoms with van der Waals surface area (Å²) >= 11 is -15.4. The molecule has 0 aliphatic heterocycles. The van der Waals surface area contributed by atoms with Gasteiger partial charge in [-0.15, -0.1) is 0 Å². The van der Waals surface area contributed by atoms with Crippen LogP contribution in [0.5, 0.6) is 0 Å². The monoisotopic (exact) mass is 731 g/mol. The van der Waals surface area contributed by atoms with Gasteiger partial charge in [0.25, 0.3) is 0 Å². The molecular weight excluding hydrogens is 722 g/mol. The van der Waals surface area contributed by atoms with Gasteiger partial charge in [-0.3, -0.25) is 0 Å². The van der Waals surface area contributed by atoms with E-state index in [1.165, 1.54) is 0 Å². The molecule has 18 heteroatoms. The second kappa shape index (κ2) is 17.3. The Morgan fingerprint density at radius 1 is 0.444 bits per heavy atom. The average Bonchev–Trinajstić information content (AvgIpc) is 1.41. The van der Waals surface area contributed by atoms with E-state index in [0.717, 1.165) is 0 Å². The van der Waals surface area contributed by atoms with Crippen molar-refractivity contribution in [2.75, 3.05) is 0 Å². The average molecular weight is 730 g/mol. The Morgan fingerprint density at radius 3 is 0.444 bits per heavy atom. The molecule has 0 rings (SSSR count). The van der Waals surface area contributed by atoms with E-state index < -0.39 is 40.1 Å². The zero-order chi connectivity index (χ0) is 13.5. The minimum absolute atomic E-state index is 0. The van der Waals surface area contributed by atoms with Gasteiger partial charge in [-0.2, -0.15) is 0 Å². The normalized spacial score (nSPS) is 9.67. The number of rotatable bonds is 0. The van der Waals surface area contributed by atoms with Crippen LogP contribution in [0.15, 0.2) is 0 Å². The van der Waals surface area contributed by atoms with Crippen LogP contribution < -0.4 is 0 Å². The van der Waals surface area contributed by atoms with Crippen LogP contribution in [0.4, 0.5) is 0 Å². The molecule has 0 saturated heterocycles. The van der Waals surface area contributed by atoms with E-state index in [2.05, 4.69) is 0 Å². The van der Waals surface area contributed by atoms with Crippen molar-refractivity contribution >= 4 is 45.5 Å². The number of hydrogen-bond acceptors (Lipinski definition) is 6. The SMILES string of the molecule is [La].[La].[O]=[Mn](=[O])([OH])[OH].[O]=[Mn](=[O])([OH])[OH].[O]=[Mn](=[O])([OH])[OH].[SrH2]. The maximum absolute atomic E-state index is 8.80. The second-order valence-electron chi connectivity index (χ2n) is 1.24. The van der Waals surface area contributed by atoms with Crippen molar-refractivity contribution in [1.29, 1.82) is 0 Å². The van der Waals surface area contributed by atoms with Crippen molar-refractivity contribution in [3.05, 3.63) is 0 Å². The van der Waals surface area contributed by atoms with Crippen molar-refractivity contribution < 1.29 is 159 Å². The van der Waals surface area contributed by atoms with E-state index in [9.17, 15) is 0 Å². The molecule has 18 heavy (non-hydrogen) atoms. The third-order valence-electron chi connectivity index (χ3n) is 0. The Hall–Kier alpha value is 3.99. The van der Waals surface area contributed by atoms with E-state index >= 15 is 0 Å². The van der Waals surface area contributed by atoms with Gasteiger partial charge in [-0.05, 0) is 0 Å². The van der Waals surface area contributed by atoms with E-state index in [0.29, 0.717) is 0 Å². The van der Waals surface area contributed by atoms with E-state index in [-0.39, 0.29) is 117 Å². The quantitative estimate of drug-likeness (QED) is 0.129. The Morgan fingerprint density at radius 2 is 0.444 bits per heavy atom. The molecule has 0 amide bonds. The second-order valence-corrected chi connectivity index (χ2v) is 5.13. The van der Waals surface area contributed by atoms with Gasteiger partial charge >= 0.3 is 134 Å². The van der Waals surface area contributed by atoms with Gasteiger partial charge in [0.1, 0.15) is 0 Å². The first-order valence-corrected chi connectivity index (χ1v) is 8.00. The first kappa shape index (κ1) is 37.9. The predicted molar refractivity (Wildman–Crippen MR) is 26.0 cm³/mol. The molecule has 0 bridgehead atoms. The maximum atomic E-state index is 8.80. The third kappa shape index (κ3) is 453. The van der Waals surface area contributed by atoms with Crippen molar-refractivity contribution in [1.82, 2.24) is 0 Å². The fraction of sp³-hybridized carbons (Fsp3) is 0. The van der Waals surface area contributed by atoms with Gasteiger partial charge in [-0.1, -0.05) is 0 Å². The summed E-state index contributed by atoms with van der Waals surface area (Å²) in [6.07, 6.45) is 0. The fourth-order valence-corrected chi connectivity index (χ4v) is 0. The van der Waals surface area contributed by atoms with Gasteiger partial charge in [0.15, 0.2) is 0 Å². The van der Waals surface area contributed by atoms with Crippen molar-refractivity contribution in [3.63, 3.8) is 0 Å². The molecule has 6 N–H and O–H groups in total. The van der Waals surface area contributed by atoms with Gasteiger partial charge < -0.3 is 0 Å². The van der Waals surface area contributed by atoms with Crippen LogP contribution in [0, 0.1) is 71.2 Å². The molecule has 0 aliphatic carbocycles. The van der Waals surface area contributed by atoms with E-state index in [1.807, 2.05) is 0 Å². The van der Waals surface area contributed by atoms with Gasteiger partial charge in [0, 0.05) is 71.2 Å². The molecule has 0 aliphatic rings. The summed E-state index contributed by atoms with van der Waals surface area (Å²) in [7, 11) is 0. The molecule has 12 nitrogen and oxygen atoms in total. The predicted octanol–water partition coefficient (Wildman–Crippen LogP) is -4.98. The third-order valence-corrected chi connectivity index (χ3v) is 0. The van der Waals surface area contributed by atoms with Crippen LogP contribution in [-0.2, 0) is 63.1 Å². The van der Waals surface area contributed by atoms with Crippen LogP contribution in [-0.4, -0.2) is 70.6 Å². The Balaban J connectivity index is -0.0000000277. The van der Waals surface area contributed by atoms with E-state index in [1.54, 1.807) is 0 Å². The summed E-state index contributed by atoms with van der Waals surface area (Å²) in [5, 5.41) is 0. The number of hydrogen-bond donors (Lipinski definition) is 6. The molecule has 0 unspecified atom stereocenters. The Labute approximate surface area is 200 Å². The molecule has 2 radical (unpaired) electrons. The zero-order valence-electron chi connectivity index (χ0n) is 7.42. The summed E-state index contributed by atoms with van der Waals surface area (Å²) in [5.41, 5.74) is 0. The van der Waals surface area contributed by atoms with Crippen LogP contribution in [0.25, 0.3) is 0 Å². The molecule has 0 aromatic rings. The molecule has 0 aromatic heterocycles. The van der Waals surface area contributed by atoms with Crippen LogP contribution in [0.3, 0.4) is 0 Å². The Bertz CT molecular complexity index is 346. The molecule has 0 fully saturated rings. The standard InChI is InChI=1S/2La.3Mn.6H2O.6O.Sr.2H/h;;;;;6*1H2;;;;;;;;;/q;;3*+2;;;;;;;;;;;;;;;/p-6. The summed E-state index contributed by atoms with van der Waals surface area (Å²) in [6.45, 7) is 0. The van der Waals surface area contributed by atoms with Crippen molar-refractivity contribution in [2.24, 2.45) is 0 Å². The summed E-state index contributed by atoms with van der Waals surface area (Å²) in [5.74, 6) is 0. The zero-order valence-corrected chi connectivity index (χ0v) is 18.2. The van der Waals surface area contributed by atoms with Crippen molar-refractivity contribution in [3.8, 4) is 0 Å².